The molecule has 130 valence electrons. The predicted octanol–water partition coefficient (Wildman–Crippen LogP) is 4.43. The van der Waals surface area contributed by atoms with Gasteiger partial charge in [0.25, 0.3) is 5.91 Å². The topological polar surface area (TPSA) is 52.5 Å². The molecule has 5 nitrogen and oxygen atoms in total. The molecule has 0 saturated heterocycles. The number of amides is 1. The number of methoxy groups -OCH3 is 2. The minimum absolute atomic E-state index is 0.141. The van der Waals surface area contributed by atoms with Gasteiger partial charge in [0.2, 0.25) is 0 Å². The zero-order valence-electron chi connectivity index (χ0n) is 14.6. The molecule has 0 bridgehead atoms. The lowest BCUT2D eigenvalue weighted by molar-refractivity contribution is 0.102. The Kier molecular flexibility index (Phi) is 4.81. The molecule has 1 aromatic carbocycles. The summed E-state index contributed by atoms with van der Waals surface area (Å²) < 4.78 is 12.5. The van der Waals surface area contributed by atoms with Crippen LogP contribution in [0.1, 0.15) is 20.8 Å². The average Bonchev–Trinajstić information content (AvgIpc) is 3.23. The van der Waals surface area contributed by atoms with Crippen molar-refractivity contribution in [1.82, 2.24) is 4.57 Å². The number of aromatic nitrogens is 1. The SMILES string of the molecule is COc1ccc(NC(=O)c2c(-n3cccc3)sc(C)c2C)cc1OC. The van der Waals surface area contributed by atoms with Crippen molar-refractivity contribution in [1.29, 1.82) is 0 Å². The number of rotatable bonds is 5. The third-order valence-electron chi connectivity index (χ3n) is 4.07. The summed E-state index contributed by atoms with van der Waals surface area (Å²) in [4.78, 5) is 14.1. The Morgan fingerprint density at radius 1 is 1.08 bits per heavy atom. The first-order valence-corrected chi connectivity index (χ1v) is 8.63. The van der Waals surface area contributed by atoms with Gasteiger partial charge in [-0.3, -0.25) is 4.79 Å². The fourth-order valence-electron chi connectivity index (χ4n) is 2.64. The number of benzene rings is 1. The highest BCUT2D eigenvalue weighted by Crippen LogP contribution is 2.33. The number of aryl methyl sites for hydroxylation is 1. The van der Waals surface area contributed by atoms with E-state index in [-0.39, 0.29) is 5.91 Å². The number of nitrogens with one attached hydrogen (secondary N) is 1. The van der Waals surface area contributed by atoms with Gasteiger partial charge in [0, 0.05) is 29.0 Å². The molecule has 2 aromatic heterocycles. The van der Waals surface area contributed by atoms with Crippen LogP contribution in [0.5, 0.6) is 11.5 Å². The van der Waals surface area contributed by atoms with E-state index in [0.29, 0.717) is 22.7 Å². The van der Waals surface area contributed by atoms with E-state index in [2.05, 4.69) is 5.32 Å². The Bertz CT molecular complexity index is 898. The fraction of sp³-hybridized carbons (Fsp3) is 0.211. The van der Waals surface area contributed by atoms with Gasteiger partial charge in [0.1, 0.15) is 5.00 Å². The Labute approximate surface area is 150 Å². The summed E-state index contributed by atoms with van der Waals surface area (Å²) in [6, 6.07) is 9.21. The third-order valence-corrected chi connectivity index (χ3v) is 5.29. The summed E-state index contributed by atoms with van der Waals surface area (Å²) in [5.74, 6) is 1.05. The van der Waals surface area contributed by atoms with Crippen LogP contribution in [0.4, 0.5) is 5.69 Å². The van der Waals surface area contributed by atoms with E-state index in [9.17, 15) is 4.79 Å². The maximum absolute atomic E-state index is 12.9. The van der Waals surface area contributed by atoms with Gasteiger partial charge in [-0.15, -0.1) is 11.3 Å². The second-order valence-corrected chi connectivity index (χ2v) is 6.78. The van der Waals surface area contributed by atoms with Crippen LogP contribution in [0, 0.1) is 13.8 Å². The van der Waals surface area contributed by atoms with Crippen molar-refractivity contribution >= 4 is 22.9 Å². The zero-order valence-corrected chi connectivity index (χ0v) is 15.4. The van der Waals surface area contributed by atoms with Gasteiger partial charge >= 0.3 is 0 Å². The van der Waals surface area contributed by atoms with Crippen molar-refractivity contribution in [2.24, 2.45) is 0 Å². The number of hydrogen-bond acceptors (Lipinski definition) is 4. The first-order valence-electron chi connectivity index (χ1n) is 7.82. The van der Waals surface area contributed by atoms with Crippen molar-refractivity contribution in [3.8, 4) is 16.5 Å². The molecule has 1 amide bonds. The molecule has 0 atom stereocenters. The van der Waals surface area contributed by atoms with Crippen LogP contribution < -0.4 is 14.8 Å². The molecule has 1 N–H and O–H groups in total. The first kappa shape index (κ1) is 17.1. The molecule has 2 heterocycles. The average molecular weight is 356 g/mol. The maximum atomic E-state index is 12.9. The Morgan fingerprint density at radius 2 is 1.76 bits per heavy atom. The molecule has 0 spiro atoms. The summed E-state index contributed by atoms with van der Waals surface area (Å²) in [5, 5.41) is 3.87. The standard InChI is InChI=1S/C19H20N2O3S/c1-12-13(2)25-19(21-9-5-6-10-21)17(12)18(22)20-14-7-8-15(23-3)16(11-14)24-4/h5-11H,1-4H3,(H,20,22). The summed E-state index contributed by atoms with van der Waals surface area (Å²) >= 11 is 1.61. The molecule has 0 unspecified atom stereocenters. The van der Waals surface area contributed by atoms with Crippen LogP contribution >= 0.6 is 11.3 Å². The van der Waals surface area contributed by atoms with Gasteiger partial charge in [-0.1, -0.05) is 0 Å². The van der Waals surface area contributed by atoms with Crippen LogP contribution in [0.2, 0.25) is 0 Å². The van der Waals surface area contributed by atoms with Crippen LogP contribution in [-0.2, 0) is 0 Å². The number of nitrogens with zero attached hydrogens (tertiary/aromatic N) is 1. The second kappa shape index (κ2) is 7.03. The number of anilines is 1. The van der Waals surface area contributed by atoms with Gasteiger partial charge in [0.05, 0.1) is 19.8 Å². The Morgan fingerprint density at radius 3 is 2.40 bits per heavy atom. The molecule has 6 heteroatoms. The van der Waals surface area contributed by atoms with Crippen molar-refractivity contribution in [2.45, 2.75) is 13.8 Å². The minimum Gasteiger partial charge on any atom is -0.493 e. The highest BCUT2D eigenvalue weighted by molar-refractivity contribution is 7.15. The van der Waals surface area contributed by atoms with Crippen molar-refractivity contribution < 1.29 is 14.3 Å². The van der Waals surface area contributed by atoms with Crippen LogP contribution in [-0.4, -0.2) is 24.7 Å². The highest BCUT2D eigenvalue weighted by Gasteiger charge is 2.21. The van der Waals surface area contributed by atoms with Crippen molar-refractivity contribution in [2.75, 3.05) is 19.5 Å². The number of thiophene rings is 1. The van der Waals surface area contributed by atoms with E-state index < -0.39 is 0 Å². The van der Waals surface area contributed by atoms with E-state index >= 15 is 0 Å². The summed E-state index contributed by atoms with van der Waals surface area (Å²) in [6.45, 7) is 4.00. The summed E-state index contributed by atoms with van der Waals surface area (Å²) in [7, 11) is 3.15. The molecule has 3 aromatic rings. The van der Waals surface area contributed by atoms with E-state index in [0.717, 1.165) is 15.4 Å². The number of hydrogen-bond donors (Lipinski definition) is 1. The third kappa shape index (κ3) is 3.25. The molecule has 0 aliphatic rings. The van der Waals surface area contributed by atoms with Crippen molar-refractivity contribution in [3.63, 3.8) is 0 Å². The molecule has 25 heavy (non-hydrogen) atoms. The lowest BCUT2D eigenvalue weighted by Crippen LogP contribution is -2.14. The minimum atomic E-state index is -0.141. The monoisotopic (exact) mass is 356 g/mol. The number of carbonyl (C=O) groups excluding carboxylic acids is 1. The fourth-order valence-corrected chi connectivity index (χ4v) is 3.76. The van der Waals surface area contributed by atoms with Crippen LogP contribution in [0.25, 0.3) is 5.00 Å². The van der Waals surface area contributed by atoms with Crippen LogP contribution in [0.15, 0.2) is 42.7 Å². The maximum Gasteiger partial charge on any atom is 0.258 e. The lowest BCUT2D eigenvalue weighted by Gasteiger charge is -2.11. The Balaban J connectivity index is 1.95. The molecule has 0 fully saturated rings. The van der Waals surface area contributed by atoms with Crippen molar-refractivity contribution in [3.05, 3.63) is 58.7 Å². The Hall–Kier alpha value is -2.73. The number of ether oxygens (including phenoxy) is 2. The molecular formula is C19H20N2O3S. The molecule has 0 saturated carbocycles. The lowest BCUT2D eigenvalue weighted by atomic mass is 10.1. The van der Waals surface area contributed by atoms with Gasteiger partial charge in [-0.25, -0.2) is 0 Å². The van der Waals surface area contributed by atoms with E-state index in [1.807, 2.05) is 42.9 Å². The smallest absolute Gasteiger partial charge is 0.258 e. The molecular weight excluding hydrogens is 336 g/mol. The summed E-state index contributed by atoms with van der Waals surface area (Å²) in [6.07, 6.45) is 3.88. The predicted molar refractivity (Wildman–Crippen MR) is 101 cm³/mol. The van der Waals surface area contributed by atoms with Crippen LogP contribution in [0.3, 0.4) is 0 Å². The zero-order chi connectivity index (χ0) is 18.0. The van der Waals surface area contributed by atoms with Gasteiger partial charge in [-0.2, -0.15) is 0 Å². The second-order valence-electron chi connectivity index (χ2n) is 5.58. The first-order chi connectivity index (χ1) is 12.0. The highest BCUT2D eigenvalue weighted by atomic mass is 32.1. The van der Waals surface area contributed by atoms with Gasteiger partial charge in [0.15, 0.2) is 11.5 Å². The van der Waals surface area contributed by atoms with Gasteiger partial charge < -0.3 is 19.4 Å². The molecule has 0 aliphatic carbocycles. The normalized spacial score (nSPS) is 10.6. The molecule has 0 radical (unpaired) electrons. The van der Waals surface area contributed by atoms with E-state index in [4.69, 9.17) is 9.47 Å². The van der Waals surface area contributed by atoms with E-state index in [1.54, 1.807) is 43.8 Å². The molecule has 3 rings (SSSR count). The summed E-state index contributed by atoms with van der Waals surface area (Å²) in [5.41, 5.74) is 2.34. The molecule has 0 aliphatic heterocycles. The quantitative estimate of drug-likeness (QED) is 0.736. The largest absolute Gasteiger partial charge is 0.493 e. The van der Waals surface area contributed by atoms with E-state index in [1.165, 1.54) is 0 Å². The number of carbonyl (C=O) groups is 1. The van der Waals surface area contributed by atoms with Gasteiger partial charge in [-0.05, 0) is 43.7 Å².